The molecule has 1 saturated heterocycles. The minimum atomic E-state index is -1.17. The van der Waals surface area contributed by atoms with Crippen molar-refractivity contribution < 1.29 is 28.2 Å². The number of amidine groups is 1. The molecule has 2 aliphatic rings. The number of carbonyl (C=O) groups is 2. The van der Waals surface area contributed by atoms with Crippen LogP contribution in [0.15, 0.2) is 46.0 Å². The Bertz CT molecular complexity index is 1240. The molecule has 38 heavy (non-hydrogen) atoms. The summed E-state index contributed by atoms with van der Waals surface area (Å²) in [6.45, 7) is 2.54. The van der Waals surface area contributed by atoms with E-state index in [-0.39, 0.29) is 43.4 Å². The predicted molar refractivity (Wildman–Crippen MR) is 140 cm³/mol. The molecule has 1 fully saturated rings. The number of carboxylic acid groups (broad SMARTS) is 1. The van der Waals surface area contributed by atoms with Crippen molar-refractivity contribution in [2.75, 3.05) is 46.4 Å². The van der Waals surface area contributed by atoms with Crippen molar-refractivity contribution >= 4 is 40.7 Å². The third kappa shape index (κ3) is 6.55. The van der Waals surface area contributed by atoms with Gasteiger partial charge in [-0.3, -0.25) is 19.6 Å². The van der Waals surface area contributed by atoms with Crippen LogP contribution in [0.25, 0.3) is 0 Å². The molecule has 1 aromatic carbocycles. The number of halogens is 3. The quantitative estimate of drug-likeness (QED) is 0.422. The van der Waals surface area contributed by atoms with Crippen molar-refractivity contribution in [1.82, 2.24) is 20.1 Å². The van der Waals surface area contributed by atoms with Gasteiger partial charge in [0.05, 0.1) is 18.7 Å². The predicted octanol–water partition coefficient (Wildman–Crippen LogP) is 3.13. The monoisotopic (exact) mass is 567 g/mol. The maximum absolute atomic E-state index is 15.0. The Labute approximate surface area is 227 Å². The smallest absolute Gasteiger partial charge is 0.338 e. The Morgan fingerprint density at radius 1 is 1.37 bits per heavy atom. The number of hydrogen-bond acceptors (Lipinski definition) is 9. The molecule has 1 aromatic heterocycles. The number of esters is 1. The normalized spacial score (nSPS) is 21.9. The van der Waals surface area contributed by atoms with E-state index in [0.29, 0.717) is 28.6 Å². The highest BCUT2D eigenvalue weighted by Gasteiger charge is 2.38. The lowest BCUT2D eigenvalue weighted by Crippen LogP contribution is -2.39. The molecule has 2 N–H and O–H groups in total. The minimum absolute atomic E-state index is 0.104. The van der Waals surface area contributed by atoms with Crippen LogP contribution in [0.4, 0.5) is 8.78 Å². The van der Waals surface area contributed by atoms with Crippen molar-refractivity contribution in [3.8, 4) is 0 Å². The van der Waals surface area contributed by atoms with Crippen molar-refractivity contribution in [1.29, 1.82) is 0 Å². The molecule has 0 amide bonds. The fraction of sp³-hybridized carbons (Fsp3) is 0.440. The number of alkyl halides is 1. The summed E-state index contributed by atoms with van der Waals surface area (Å²) in [6, 6.07) is 2.98. The number of benzene rings is 1. The average Bonchev–Trinajstić information content (AvgIpc) is 3.48. The number of thiazole rings is 1. The molecule has 9 nitrogen and oxygen atoms in total. The number of nitrogens with one attached hydrogen (secondary N) is 1. The number of hydrogen-bond donors (Lipinski definition) is 2. The second kappa shape index (κ2) is 12.3. The van der Waals surface area contributed by atoms with E-state index in [1.54, 1.807) is 30.4 Å². The molecule has 2 aliphatic heterocycles. The van der Waals surface area contributed by atoms with Crippen LogP contribution in [-0.4, -0.2) is 90.2 Å². The molecule has 0 spiro atoms. The summed E-state index contributed by atoms with van der Waals surface area (Å²) < 4.78 is 34.2. The van der Waals surface area contributed by atoms with Crippen molar-refractivity contribution in [3.63, 3.8) is 0 Å². The highest BCUT2D eigenvalue weighted by Crippen LogP contribution is 2.37. The van der Waals surface area contributed by atoms with Gasteiger partial charge in [-0.05, 0) is 26.1 Å². The Morgan fingerprint density at radius 2 is 2.16 bits per heavy atom. The first-order valence-corrected chi connectivity index (χ1v) is 13.3. The largest absolute Gasteiger partial charge is 0.480 e. The zero-order valence-electron chi connectivity index (χ0n) is 20.9. The van der Waals surface area contributed by atoms with Gasteiger partial charge in [-0.15, -0.1) is 11.3 Å². The lowest BCUT2D eigenvalue weighted by atomic mass is 9.95. The summed E-state index contributed by atoms with van der Waals surface area (Å²) in [6.07, 6.45) is 0.455. The van der Waals surface area contributed by atoms with Crippen molar-refractivity contribution in [2.45, 2.75) is 19.1 Å². The third-order valence-electron chi connectivity index (χ3n) is 6.28. The number of carbonyl (C=O) groups excluding carboxylic acids is 1. The van der Waals surface area contributed by atoms with E-state index in [1.807, 2.05) is 4.90 Å². The van der Waals surface area contributed by atoms with E-state index in [2.05, 4.69) is 10.3 Å². The minimum Gasteiger partial charge on any atom is -0.480 e. The number of aromatic nitrogens is 1. The third-order valence-corrected chi connectivity index (χ3v) is 7.39. The van der Waals surface area contributed by atoms with Crippen LogP contribution in [0.3, 0.4) is 0 Å². The average molecular weight is 568 g/mol. The van der Waals surface area contributed by atoms with Gasteiger partial charge in [-0.1, -0.05) is 17.7 Å². The van der Waals surface area contributed by atoms with Gasteiger partial charge in [0.2, 0.25) is 0 Å². The van der Waals surface area contributed by atoms with E-state index in [4.69, 9.17) is 26.4 Å². The van der Waals surface area contributed by atoms with Crippen LogP contribution in [-0.2, 0) is 14.3 Å². The van der Waals surface area contributed by atoms with Gasteiger partial charge in [0.15, 0.2) is 10.8 Å². The lowest BCUT2D eigenvalue weighted by molar-refractivity contribution is -0.139. The van der Waals surface area contributed by atoms with Gasteiger partial charge in [0, 0.05) is 60.0 Å². The van der Waals surface area contributed by atoms with Crippen LogP contribution in [0.1, 0.15) is 23.5 Å². The van der Waals surface area contributed by atoms with E-state index < -0.39 is 35.9 Å². The summed E-state index contributed by atoms with van der Waals surface area (Å²) in [4.78, 5) is 36.7. The number of carboxylic acids is 1. The summed E-state index contributed by atoms with van der Waals surface area (Å²) >= 11 is 7.75. The summed E-state index contributed by atoms with van der Waals surface area (Å²) in [7, 11) is 1.64. The zero-order valence-corrected chi connectivity index (χ0v) is 22.4. The first-order valence-electron chi connectivity index (χ1n) is 12.0. The Balaban J connectivity index is 1.68. The van der Waals surface area contributed by atoms with Crippen molar-refractivity contribution in [2.24, 2.45) is 10.9 Å². The van der Waals surface area contributed by atoms with Crippen LogP contribution in [0.2, 0.25) is 5.02 Å². The number of likely N-dealkylation sites (N-methyl/N-ethyl adjacent to an activating group) is 1. The van der Waals surface area contributed by atoms with Crippen LogP contribution >= 0.6 is 22.9 Å². The van der Waals surface area contributed by atoms with Gasteiger partial charge in [-0.25, -0.2) is 18.6 Å². The molecule has 0 saturated carbocycles. The van der Waals surface area contributed by atoms with Crippen LogP contribution in [0, 0.1) is 11.7 Å². The Morgan fingerprint density at radius 3 is 2.82 bits per heavy atom. The fourth-order valence-corrected chi connectivity index (χ4v) is 5.56. The molecule has 0 aliphatic carbocycles. The molecule has 204 valence electrons. The topological polar surface area (TPSA) is 107 Å². The first-order chi connectivity index (χ1) is 18.2. The highest BCUT2D eigenvalue weighted by atomic mass is 35.5. The molecule has 2 unspecified atom stereocenters. The number of aliphatic imine (C=N–C) groups is 1. The summed E-state index contributed by atoms with van der Waals surface area (Å²) in [5, 5.41) is 14.7. The molecule has 13 heteroatoms. The molecule has 0 bridgehead atoms. The Hall–Kier alpha value is -2.93. The van der Waals surface area contributed by atoms with Crippen LogP contribution in [0.5, 0.6) is 0 Å². The van der Waals surface area contributed by atoms with E-state index in [1.165, 1.54) is 23.5 Å². The van der Waals surface area contributed by atoms with Gasteiger partial charge in [0.25, 0.3) is 0 Å². The van der Waals surface area contributed by atoms with Crippen LogP contribution < -0.4 is 5.32 Å². The van der Waals surface area contributed by atoms with Crippen molar-refractivity contribution in [3.05, 3.63) is 62.5 Å². The SMILES string of the molecule is CCOC(=O)C1=C(CN2CC(F)C(CN(C)CC(=O)O)C2)NC(c2nccs2)=N[C@H]1c1ccc(F)cc1Cl. The maximum Gasteiger partial charge on any atom is 0.338 e. The molecule has 4 rings (SSSR count). The fourth-order valence-electron chi connectivity index (χ4n) is 4.70. The highest BCUT2D eigenvalue weighted by molar-refractivity contribution is 7.11. The molecule has 3 heterocycles. The lowest BCUT2D eigenvalue weighted by Gasteiger charge is -2.29. The first kappa shape index (κ1) is 28.1. The molecular weight excluding hydrogens is 540 g/mol. The molecule has 3 atom stereocenters. The zero-order chi connectivity index (χ0) is 27.4. The number of ether oxygens (including phenoxy) is 1. The summed E-state index contributed by atoms with van der Waals surface area (Å²) in [5.41, 5.74) is 1.07. The molecule has 0 radical (unpaired) electrons. The van der Waals surface area contributed by atoms with Gasteiger partial charge in [0.1, 0.15) is 18.0 Å². The molecule has 2 aromatic rings. The second-order valence-electron chi connectivity index (χ2n) is 9.18. The van der Waals surface area contributed by atoms with E-state index in [0.717, 1.165) is 6.07 Å². The number of likely N-dealkylation sites (tertiary alicyclic amines) is 1. The van der Waals surface area contributed by atoms with Gasteiger partial charge in [-0.2, -0.15) is 0 Å². The maximum atomic E-state index is 15.0. The van der Waals surface area contributed by atoms with E-state index in [9.17, 15) is 18.4 Å². The number of nitrogens with zero attached hydrogens (tertiary/aromatic N) is 4. The number of rotatable bonds is 10. The Kier molecular flexibility index (Phi) is 9.08. The number of aliphatic carboxylic acids is 1. The second-order valence-corrected chi connectivity index (χ2v) is 10.5. The van der Waals surface area contributed by atoms with E-state index >= 15 is 0 Å². The summed E-state index contributed by atoms with van der Waals surface area (Å²) in [5.74, 6) is -2.11. The van der Waals surface area contributed by atoms with Gasteiger partial charge >= 0.3 is 11.9 Å². The van der Waals surface area contributed by atoms with Gasteiger partial charge < -0.3 is 15.2 Å². The standard InChI is InChI=1S/C25H28ClF2N5O4S/c1-3-37-25(36)21-19(12-33-10-14(18(28)11-33)9-32(2)13-20(34)35)30-23(24-29-6-7-38-24)31-22(21)16-5-4-15(27)8-17(16)26/h4-8,14,18,22H,3,9-13H2,1-2H3,(H,30,31)(H,34,35)/t14?,18?,22-/m0/s1. The molecular formula is C25H28ClF2N5O4S.